The van der Waals surface area contributed by atoms with Gasteiger partial charge >= 0.3 is 0 Å². The minimum atomic E-state index is -0.214. The van der Waals surface area contributed by atoms with Gasteiger partial charge in [0.05, 0.1) is 6.10 Å². The van der Waals surface area contributed by atoms with E-state index in [1.165, 1.54) is 44.1 Å². The Balaban J connectivity index is 2.02. The molecule has 0 bridgehead atoms. The largest absolute Gasteiger partial charge is 0.389 e. The maximum Gasteiger partial charge on any atom is 0.0757 e. The van der Waals surface area contributed by atoms with Crippen LogP contribution < -0.4 is 0 Å². The highest BCUT2D eigenvalue weighted by atomic mass is 16.3. The van der Waals surface area contributed by atoms with E-state index in [-0.39, 0.29) is 6.10 Å². The zero-order valence-electron chi connectivity index (χ0n) is 13.6. The predicted molar refractivity (Wildman–Crippen MR) is 84.4 cm³/mol. The molecule has 0 radical (unpaired) electrons. The summed E-state index contributed by atoms with van der Waals surface area (Å²) in [5.41, 5.74) is 5.33. The van der Waals surface area contributed by atoms with E-state index < -0.39 is 0 Å². The lowest BCUT2D eigenvalue weighted by atomic mass is 9.61. The quantitative estimate of drug-likeness (QED) is 0.677. The highest BCUT2D eigenvalue weighted by Crippen LogP contribution is 2.58. The van der Waals surface area contributed by atoms with Crippen molar-refractivity contribution in [2.45, 2.75) is 72.3 Å². The van der Waals surface area contributed by atoms with E-state index in [1.54, 1.807) is 11.1 Å². The molecule has 3 aliphatic carbocycles. The Labute approximate surface area is 124 Å². The maximum absolute atomic E-state index is 10.6. The first-order valence-corrected chi connectivity index (χ1v) is 8.51. The molecule has 0 heterocycles. The molecule has 0 aliphatic heterocycles. The molecule has 1 fully saturated rings. The van der Waals surface area contributed by atoms with Crippen molar-refractivity contribution in [2.24, 2.45) is 23.2 Å². The number of aliphatic hydroxyl groups is 1. The number of aliphatic hydroxyl groups excluding tert-OH is 1. The third-order valence-corrected chi connectivity index (χ3v) is 6.30. The van der Waals surface area contributed by atoms with Crippen LogP contribution in [0.3, 0.4) is 0 Å². The zero-order valence-corrected chi connectivity index (χ0v) is 13.6. The molecule has 0 amide bonds. The summed E-state index contributed by atoms with van der Waals surface area (Å²) in [4.78, 5) is 0. The fourth-order valence-corrected chi connectivity index (χ4v) is 5.16. The summed E-state index contributed by atoms with van der Waals surface area (Å²) in [5, 5.41) is 10.6. The molecular formula is C19H30O. The second kappa shape index (κ2) is 5.02. The van der Waals surface area contributed by atoms with E-state index in [1.807, 2.05) is 0 Å². The first-order valence-electron chi connectivity index (χ1n) is 8.51. The molecule has 20 heavy (non-hydrogen) atoms. The van der Waals surface area contributed by atoms with Gasteiger partial charge in [-0.2, -0.15) is 0 Å². The normalized spacial score (nSPS) is 41.3. The minimum absolute atomic E-state index is 0.214. The number of fused-ring (bicyclic) bond motifs is 3. The van der Waals surface area contributed by atoms with Crippen LogP contribution in [0, 0.1) is 23.2 Å². The third-order valence-electron chi connectivity index (χ3n) is 6.30. The van der Waals surface area contributed by atoms with Crippen LogP contribution in [0.4, 0.5) is 0 Å². The Morgan fingerprint density at radius 3 is 2.65 bits per heavy atom. The van der Waals surface area contributed by atoms with Crippen LogP contribution in [0.1, 0.15) is 66.2 Å². The van der Waals surface area contributed by atoms with Gasteiger partial charge in [0.2, 0.25) is 0 Å². The molecule has 1 heteroatoms. The first-order chi connectivity index (χ1) is 9.42. The Morgan fingerprint density at radius 1 is 1.20 bits per heavy atom. The lowest BCUT2D eigenvalue weighted by Crippen LogP contribution is -2.37. The lowest BCUT2D eigenvalue weighted by Gasteiger charge is -2.44. The summed E-state index contributed by atoms with van der Waals surface area (Å²) in [5.74, 6) is 1.79. The zero-order chi connectivity index (χ0) is 14.5. The van der Waals surface area contributed by atoms with Gasteiger partial charge in [0.15, 0.2) is 0 Å². The van der Waals surface area contributed by atoms with Crippen LogP contribution >= 0.6 is 0 Å². The fourth-order valence-electron chi connectivity index (χ4n) is 5.16. The number of hydrogen-bond donors (Lipinski definition) is 1. The van der Waals surface area contributed by atoms with Crippen LogP contribution in [0.2, 0.25) is 0 Å². The van der Waals surface area contributed by atoms with Crippen molar-refractivity contribution in [1.29, 1.82) is 0 Å². The molecule has 1 nitrogen and oxygen atoms in total. The van der Waals surface area contributed by atoms with Gasteiger partial charge < -0.3 is 5.11 Å². The van der Waals surface area contributed by atoms with E-state index in [4.69, 9.17) is 0 Å². The van der Waals surface area contributed by atoms with Gasteiger partial charge in [0.1, 0.15) is 0 Å². The Hall–Kier alpha value is -0.560. The average molecular weight is 274 g/mol. The van der Waals surface area contributed by atoms with Gasteiger partial charge in [-0.15, -0.1) is 0 Å². The summed E-state index contributed by atoms with van der Waals surface area (Å²) in [6.45, 7) is 9.39. The van der Waals surface area contributed by atoms with Gasteiger partial charge in [-0.3, -0.25) is 0 Å². The maximum atomic E-state index is 10.6. The third kappa shape index (κ3) is 2.19. The number of rotatable bonds is 1. The summed E-state index contributed by atoms with van der Waals surface area (Å²) < 4.78 is 0. The predicted octanol–water partition coefficient (Wildman–Crippen LogP) is 4.87. The summed E-state index contributed by atoms with van der Waals surface area (Å²) in [7, 11) is 0. The van der Waals surface area contributed by atoms with Crippen LogP contribution in [0.25, 0.3) is 0 Å². The molecule has 0 saturated heterocycles. The molecule has 3 aliphatic rings. The van der Waals surface area contributed by atoms with Crippen molar-refractivity contribution in [3.8, 4) is 0 Å². The van der Waals surface area contributed by atoms with Crippen LogP contribution in [-0.4, -0.2) is 11.2 Å². The molecule has 1 saturated carbocycles. The molecular weight excluding hydrogens is 244 g/mol. The van der Waals surface area contributed by atoms with E-state index in [9.17, 15) is 5.11 Å². The van der Waals surface area contributed by atoms with Crippen molar-refractivity contribution in [2.75, 3.05) is 0 Å². The summed E-state index contributed by atoms with van der Waals surface area (Å²) in [6, 6.07) is 0. The number of hydrogen-bond acceptors (Lipinski definition) is 1. The highest BCUT2D eigenvalue weighted by Gasteiger charge is 2.48. The van der Waals surface area contributed by atoms with Crippen molar-refractivity contribution in [1.82, 2.24) is 0 Å². The molecule has 0 aromatic carbocycles. The van der Waals surface area contributed by atoms with Gasteiger partial charge in [-0.1, -0.05) is 43.6 Å². The highest BCUT2D eigenvalue weighted by molar-refractivity contribution is 5.34. The summed E-state index contributed by atoms with van der Waals surface area (Å²) >= 11 is 0. The smallest absolute Gasteiger partial charge is 0.0757 e. The SMILES string of the molecule is CC1=CC(O)C2CCC3(C)CCC(C(C)C)=C3C2CC1. The number of allylic oxidation sites excluding steroid dienone is 3. The second-order valence-electron chi connectivity index (χ2n) is 8.01. The van der Waals surface area contributed by atoms with Crippen molar-refractivity contribution < 1.29 is 5.11 Å². The van der Waals surface area contributed by atoms with Crippen LogP contribution in [-0.2, 0) is 0 Å². The lowest BCUT2D eigenvalue weighted by molar-refractivity contribution is 0.0751. The van der Waals surface area contributed by atoms with Gasteiger partial charge in [-0.05, 0) is 68.6 Å². The van der Waals surface area contributed by atoms with Gasteiger partial charge in [0, 0.05) is 0 Å². The van der Waals surface area contributed by atoms with Crippen molar-refractivity contribution in [3.05, 3.63) is 22.8 Å². The molecule has 0 aromatic heterocycles. The van der Waals surface area contributed by atoms with Crippen LogP contribution in [0.5, 0.6) is 0 Å². The standard InChI is InChI=1S/C19H30O/c1-12(2)14-7-9-19(4)10-8-15-16(18(14)19)6-5-13(3)11-17(15)20/h11-12,15-17,20H,5-10H2,1-4H3. The Bertz CT molecular complexity index is 456. The van der Waals surface area contributed by atoms with Crippen molar-refractivity contribution >= 4 is 0 Å². The Kier molecular flexibility index (Phi) is 3.61. The first kappa shape index (κ1) is 14.4. The van der Waals surface area contributed by atoms with E-state index in [0.717, 1.165) is 0 Å². The molecule has 4 unspecified atom stereocenters. The molecule has 1 N–H and O–H groups in total. The van der Waals surface area contributed by atoms with Gasteiger partial charge in [0.25, 0.3) is 0 Å². The minimum Gasteiger partial charge on any atom is -0.389 e. The molecule has 4 atom stereocenters. The molecule has 3 rings (SSSR count). The second-order valence-corrected chi connectivity index (χ2v) is 8.01. The van der Waals surface area contributed by atoms with Crippen molar-refractivity contribution in [3.63, 3.8) is 0 Å². The molecule has 0 aromatic rings. The van der Waals surface area contributed by atoms with E-state index >= 15 is 0 Å². The van der Waals surface area contributed by atoms with Gasteiger partial charge in [-0.25, -0.2) is 0 Å². The topological polar surface area (TPSA) is 20.2 Å². The summed E-state index contributed by atoms with van der Waals surface area (Å²) in [6.07, 6.45) is 9.49. The molecule has 0 spiro atoms. The van der Waals surface area contributed by atoms with E-state index in [2.05, 4.69) is 33.8 Å². The van der Waals surface area contributed by atoms with Crippen LogP contribution in [0.15, 0.2) is 22.8 Å². The Morgan fingerprint density at radius 2 is 1.95 bits per heavy atom. The fraction of sp³-hybridized carbons (Fsp3) is 0.789. The average Bonchev–Trinajstić information content (AvgIpc) is 2.66. The van der Waals surface area contributed by atoms with E-state index in [0.29, 0.717) is 23.2 Å². The molecule has 112 valence electrons. The monoisotopic (exact) mass is 274 g/mol.